The Hall–Kier alpha value is -1.72. The summed E-state index contributed by atoms with van der Waals surface area (Å²) in [5.41, 5.74) is 1.08. The Morgan fingerprint density at radius 2 is 2.05 bits per heavy atom. The van der Waals surface area contributed by atoms with E-state index < -0.39 is 0 Å². The molecule has 1 unspecified atom stereocenters. The van der Waals surface area contributed by atoms with Crippen molar-refractivity contribution < 1.29 is 5.11 Å². The van der Waals surface area contributed by atoms with Crippen molar-refractivity contribution in [2.75, 3.05) is 13.2 Å². The second kappa shape index (κ2) is 5.73. The zero-order chi connectivity index (χ0) is 13.9. The highest BCUT2D eigenvalue weighted by atomic mass is 16.3. The third kappa shape index (κ3) is 2.46. The first-order valence-electron chi connectivity index (χ1n) is 7.08. The molecule has 5 heteroatoms. The summed E-state index contributed by atoms with van der Waals surface area (Å²) in [6.07, 6.45) is 2.22. The zero-order valence-corrected chi connectivity index (χ0v) is 11.7. The Labute approximate surface area is 118 Å². The molecular formula is C15H20N4O. The Bertz CT molecular complexity index is 567. The molecular weight excluding hydrogens is 252 g/mol. The van der Waals surface area contributed by atoms with Gasteiger partial charge in [-0.2, -0.15) is 0 Å². The number of rotatable bonds is 4. The molecule has 0 bridgehead atoms. The van der Waals surface area contributed by atoms with Crippen molar-refractivity contribution in [3.8, 4) is 11.4 Å². The molecule has 1 N–H and O–H groups in total. The number of benzene rings is 1. The molecule has 0 aliphatic carbocycles. The number of hydrogen-bond donors (Lipinski definition) is 1. The predicted molar refractivity (Wildman–Crippen MR) is 77.0 cm³/mol. The normalized spacial score (nSPS) is 19.6. The van der Waals surface area contributed by atoms with Crippen molar-refractivity contribution in [1.29, 1.82) is 0 Å². The lowest BCUT2D eigenvalue weighted by Gasteiger charge is -2.21. The number of likely N-dealkylation sites (tertiary alicyclic amines) is 1. The summed E-state index contributed by atoms with van der Waals surface area (Å²) in [5, 5.41) is 18.0. The summed E-state index contributed by atoms with van der Waals surface area (Å²) >= 11 is 0. The second-order valence-corrected chi connectivity index (χ2v) is 5.31. The molecule has 20 heavy (non-hydrogen) atoms. The zero-order valence-electron chi connectivity index (χ0n) is 11.7. The highest BCUT2D eigenvalue weighted by Crippen LogP contribution is 2.21. The number of nitrogens with zero attached hydrogens (tertiary/aromatic N) is 4. The van der Waals surface area contributed by atoms with Gasteiger partial charge in [-0.3, -0.25) is 4.90 Å². The summed E-state index contributed by atoms with van der Waals surface area (Å²) in [6, 6.07) is 10.4. The first kappa shape index (κ1) is 13.3. The van der Waals surface area contributed by atoms with Crippen molar-refractivity contribution >= 4 is 0 Å². The average Bonchev–Trinajstić information content (AvgIpc) is 3.08. The van der Waals surface area contributed by atoms with E-state index in [1.807, 2.05) is 41.9 Å². The molecule has 5 nitrogen and oxygen atoms in total. The average molecular weight is 272 g/mol. The van der Waals surface area contributed by atoms with Crippen LogP contribution in [0.25, 0.3) is 11.4 Å². The van der Waals surface area contributed by atoms with Gasteiger partial charge in [0.15, 0.2) is 5.82 Å². The van der Waals surface area contributed by atoms with Crippen LogP contribution in [0.1, 0.15) is 18.7 Å². The van der Waals surface area contributed by atoms with Gasteiger partial charge in [-0.1, -0.05) is 30.3 Å². The van der Waals surface area contributed by atoms with Crippen molar-refractivity contribution in [1.82, 2.24) is 19.7 Å². The van der Waals surface area contributed by atoms with Crippen LogP contribution < -0.4 is 0 Å². The largest absolute Gasteiger partial charge is 0.395 e. The molecule has 1 aromatic carbocycles. The molecule has 1 aromatic heterocycles. The number of aromatic nitrogens is 3. The van der Waals surface area contributed by atoms with Crippen LogP contribution in [0.15, 0.2) is 30.3 Å². The minimum atomic E-state index is 0.226. The van der Waals surface area contributed by atoms with Crippen LogP contribution in [0, 0.1) is 0 Å². The third-order valence-electron chi connectivity index (χ3n) is 4.05. The number of hydrogen-bond acceptors (Lipinski definition) is 4. The summed E-state index contributed by atoms with van der Waals surface area (Å²) in [5.74, 6) is 1.84. The number of aliphatic hydroxyl groups is 1. The fourth-order valence-corrected chi connectivity index (χ4v) is 2.83. The van der Waals surface area contributed by atoms with Gasteiger partial charge in [0.25, 0.3) is 0 Å². The van der Waals surface area contributed by atoms with E-state index >= 15 is 0 Å². The first-order valence-corrected chi connectivity index (χ1v) is 7.08. The van der Waals surface area contributed by atoms with Gasteiger partial charge < -0.3 is 9.67 Å². The maximum atomic E-state index is 9.38. The molecule has 3 rings (SSSR count). The van der Waals surface area contributed by atoms with Gasteiger partial charge in [-0.05, 0) is 19.4 Å². The Morgan fingerprint density at radius 3 is 2.80 bits per heavy atom. The maximum absolute atomic E-state index is 9.38. The highest BCUT2D eigenvalue weighted by molar-refractivity contribution is 5.54. The van der Waals surface area contributed by atoms with Gasteiger partial charge in [-0.15, -0.1) is 10.2 Å². The fourth-order valence-electron chi connectivity index (χ4n) is 2.83. The van der Waals surface area contributed by atoms with E-state index in [0.717, 1.165) is 43.1 Å². The van der Waals surface area contributed by atoms with E-state index in [2.05, 4.69) is 15.1 Å². The van der Waals surface area contributed by atoms with Crippen LogP contribution in [0.3, 0.4) is 0 Å². The molecule has 1 atom stereocenters. The molecule has 0 amide bonds. The Kier molecular flexibility index (Phi) is 3.80. The molecule has 106 valence electrons. The molecule has 2 heterocycles. The minimum absolute atomic E-state index is 0.226. The molecule has 0 spiro atoms. The van der Waals surface area contributed by atoms with Crippen molar-refractivity contribution in [2.45, 2.75) is 25.4 Å². The molecule has 0 radical (unpaired) electrons. The van der Waals surface area contributed by atoms with E-state index in [0.29, 0.717) is 0 Å². The predicted octanol–water partition coefficient (Wildman–Crippen LogP) is 1.44. The van der Waals surface area contributed by atoms with Crippen molar-refractivity contribution in [3.05, 3.63) is 36.2 Å². The van der Waals surface area contributed by atoms with E-state index in [9.17, 15) is 5.11 Å². The van der Waals surface area contributed by atoms with Crippen molar-refractivity contribution in [3.63, 3.8) is 0 Å². The third-order valence-corrected chi connectivity index (χ3v) is 4.05. The van der Waals surface area contributed by atoms with Gasteiger partial charge in [0.2, 0.25) is 0 Å². The molecule has 0 saturated carbocycles. The highest BCUT2D eigenvalue weighted by Gasteiger charge is 2.25. The maximum Gasteiger partial charge on any atom is 0.163 e. The smallest absolute Gasteiger partial charge is 0.163 e. The summed E-state index contributed by atoms with van der Waals surface area (Å²) < 4.78 is 2.04. The van der Waals surface area contributed by atoms with Gasteiger partial charge in [-0.25, -0.2) is 0 Å². The lowest BCUT2D eigenvalue weighted by molar-refractivity contribution is 0.150. The van der Waals surface area contributed by atoms with Crippen LogP contribution in [-0.4, -0.2) is 44.0 Å². The van der Waals surface area contributed by atoms with Crippen LogP contribution in [0.4, 0.5) is 0 Å². The van der Waals surface area contributed by atoms with E-state index in [-0.39, 0.29) is 12.6 Å². The second-order valence-electron chi connectivity index (χ2n) is 5.31. The topological polar surface area (TPSA) is 54.2 Å². The monoisotopic (exact) mass is 272 g/mol. The Morgan fingerprint density at radius 1 is 1.25 bits per heavy atom. The van der Waals surface area contributed by atoms with Crippen molar-refractivity contribution in [2.24, 2.45) is 7.05 Å². The fraction of sp³-hybridized carbons (Fsp3) is 0.467. The van der Waals surface area contributed by atoms with Crippen LogP contribution in [0.2, 0.25) is 0 Å². The minimum Gasteiger partial charge on any atom is -0.395 e. The molecule has 1 aliphatic rings. The molecule has 1 aliphatic heterocycles. The summed E-state index contributed by atoms with van der Waals surface area (Å²) in [7, 11) is 2.00. The van der Waals surface area contributed by atoms with E-state index in [1.165, 1.54) is 0 Å². The van der Waals surface area contributed by atoms with Crippen LogP contribution in [-0.2, 0) is 13.6 Å². The van der Waals surface area contributed by atoms with Gasteiger partial charge in [0, 0.05) is 18.7 Å². The van der Waals surface area contributed by atoms with Crippen LogP contribution >= 0.6 is 0 Å². The van der Waals surface area contributed by atoms with Crippen LogP contribution in [0.5, 0.6) is 0 Å². The van der Waals surface area contributed by atoms with Gasteiger partial charge in [0.1, 0.15) is 5.82 Å². The quantitative estimate of drug-likeness (QED) is 0.915. The molecule has 2 aromatic rings. The Balaban J connectivity index is 1.80. The lowest BCUT2D eigenvalue weighted by atomic mass is 10.2. The lowest BCUT2D eigenvalue weighted by Crippen LogP contribution is -2.32. The van der Waals surface area contributed by atoms with E-state index in [1.54, 1.807) is 0 Å². The first-order chi connectivity index (χ1) is 9.79. The SMILES string of the molecule is Cn1c(CN2CCCC2CO)nnc1-c1ccccc1. The van der Waals surface area contributed by atoms with Gasteiger partial charge in [0.05, 0.1) is 13.2 Å². The standard InChI is InChI=1S/C15H20N4O/c1-18-14(10-19-9-5-8-13(19)11-20)16-17-15(18)12-6-3-2-4-7-12/h2-4,6-7,13,20H,5,8-11H2,1H3. The van der Waals surface area contributed by atoms with E-state index in [4.69, 9.17) is 0 Å². The molecule has 1 saturated heterocycles. The van der Waals surface area contributed by atoms with Gasteiger partial charge >= 0.3 is 0 Å². The summed E-state index contributed by atoms with van der Waals surface area (Å²) in [6.45, 7) is 2.00. The summed E-state index contributed by atoms with van der Waals surface area (Å²) in [4.78, 5) is 2.29. The molecule has 1 fully saturated rings. The number of aliphatic hydroxyl groups excluding tert-OH is 1.